The highest BCUT2D eigenvalue weighted by Crippen LogP contribution is 2.22. The van der Waals surface area contributed by atoms with E-state index < -0.39 is 0 Å². The minimum atomic E-state index is 0.0540. The molecule has 0 amide bonds. The van der Waals surface area contributed by atoms with Gasteiger partial charge in [0.25, 0.3) is 0 Å². The second kappa shape index (κ2) is 3.40. The first-order valence-electron chi connectivity index (χ1n) is 4.65. The van der Waals surface area contributed by atoms with Crippen molar-refractivity contribution in [2.75, 3.05) is 0 Å². The van der Waals surface area contributed by atoms with Gasteiger partial charge < -0.3 is 0 Å². The number of nitrogens with zero attached hydrogens (tertiary/aromatic N) is 3. The first kappa shape index (κ1) is 10.1. The van der Waals surface area contributed by atoms with Crippen LogP contribution >= 0.6 is 0 Å². The first-order valence-corrected chi connectivity index (χ1v) is 4.65. The summed E-state index contributed by atoms with van der Waals surface area (Å²) in [6.07, 6.45) is 1.04. The van der Waals surface area contributed by atoms with Crippen LogP contribution in [0.15, 0.2) is 0 Å². The van der Waals surface area contributed by atoms with Crippen molar-refractivity contribution >= 4 is 0 Å². The quantitative estimate of drug-likeness (QED) is 0.698. The molecule has 0 spiro atoms. The van der Waals surface area contributed by atoms with Crippen molar-refractivity contribution in [2.24, 2.45) is 0 Å². The molecule has 0 aliphatic rings. The third-order valence-electron chi connectivity index (χ3n) is 2.35. The highest BCUT2D eigenvalue weighted by atomic mass is 15.0. The maximum atomic E-state index is 4.35. The van der Waals surface area contributed by atoms with Gasteiger partial charge in [0.2, 0.25) is 0 Å². The van der Waals surface area contributed by atoms with Crippen LogP contribution in [0.5, 0.6) is 0 Å². The zero-order chi connectivity index (χ0) is 10.1. The van der Waals surface area contributed by atoms with Crippen molar-refractivity contribution in [3.05, 3.63) is 17.5 Å². The van der Waals surface area contributed by atoms with Gasteiger partial charge in [-0.05, 0) is 20.3 Å². The molecule has 3 nitrogen and oxygen atoms in total. The standard InChI is InChI=1S/C10H17N3/c1-6-10(4,5)9-12-7(2)11-8(3)13-9/h6H2,1-5H3. The topological polar surface area (TPSA) is 38.7 Å². The Morgan fingerprint density at radius 2 is 1.46 bits per heavy atom. The third kappa shape index (κ3) is 2.23. The van der Waals surface area contributed by atoms with Gasteiger partial charge in [-0.15, -0.1) is 0 Å². The lowest BCUT2D eigenvalue weighted by Gasteiger charge is -2.20. The van der Waals surface area contributed by atoms with Crippen LogP contribution in [0.2, 0.25) is 0 Å². The summed E-state index contributed by atoms with van der Waals surface area (Å²) in [5.41, 5.74) is 0.0540. The van der Waals surface area contributed by atoms with Crippen LogP contribution in [0, 0.1) is 13.8 Å². The van der Waals surface area contributed by atoms with E-state index >= 15 is 0 Å². The molecule has 3 heteroatoms. The summed E-state index contributed by atoms with van der Waals surface area (Å²) < 4.78 is 0. The van der Waals surface area contributed by atoms with Gasteiger partial charge in [-0.2, -0.15) is 0 Å². The van der Waals surface area contributed by atoms with Crippen LogP contribution in [-0.2, 0) is 5.41 Å². The molecule has 0 aromatic carbocycles. The van der Waals surface area contributed by atoms with E-state index in [1.54, 1.807) is 0 Å². The van der Waals surface area contributed by atoms with Crippen LogP contribution < -0.4 is 0 Å². The van der Waals surface area contributed by atoms with Gasteiger partial charge >= 0.3 is 0 Å². The molecule has 0 radical (unpaired) electrons. The fourth-order valence-corrected chi connectivity index (χ4v) is 1.08. The van der Waals surface area contributed by atoms with Gasteiger partial charge in [0, 0.05) is 5.41 Å². The van der Waals surface area contributed by atoms with Crippen LogP contribution in [-0.4, -0.2) is 15.0 Å². The summed E-state index contributed by atoms with van der Waals surface area (Å²) in [6, 6.07) is 0. The number of rotatable bonds is 2. The molecule has 0 bridgehead atoms. The van der Waals surface area contributed by atoms with Crippen molar-refractivity contribution in [3.63, 3.8) is 0 Å². The second-order valence-corrected chi connectivity index (χ2v) is 3.99. The summed E-state index contributed by atoms with van der Waals surface area (Å²) in [4.78, 5) is 12.9. The van der Waals surface area contributed by atoms with Gasteiger partial charge in [-0.3, -0.25) is 0 Å². The van der Waals surface area contributed by atoms with Gasteiger partial charge in [-0.1, -0.05) is 20.8 Å². The predicted octanol–water partition coefficient (Wildman–Crippen LogP) is 2.18. The molecule has 1 rings (SSSR count). The summed E-state index contributed by atoms with van der Waals surface area (Å²) in [5.74, 6) is 2.52. The van der Waals surface area contributed by atoms with Gasteiger partial charge in [0.1, 0.15) is 17.5 Å². The largest absolute Gasteiger partial charge is 0.219 e. The summed E-state index contributed by atoms with van der Waals surface area (Å²) in [7, 11) is 0. The molecule has 1 aromatic rings. The lowest BCUT2D eigenvalue weighted by molar-refractivity contribution is 0.466. The molecule has 1 heterocycles. The monoisotopic (exact) mass is 179 g/mol. The Morgan fingerprint density at radius 1 is 1.00 bits per heavy atom. The molecule has 0 saturated carbocycles. The molecule has 0 aliphatic carbocycles. The van der Waals surface area contributed by atoms with Crippen LogP contribution in [0.25, 0.3) is 0 Å². The molecule has 0 N–H and O–H groups in total. The van der Waals surface area contributed by atoms with E-state index in [4.69, 9.17) is 0 Å². The van der Waals surface area contributed by atoms with Crippen LogP contribution in [0.1, 0.15) is 44.7 Å². The Morgan fingerprint density at radius 3 is 1.85 bits per heavy atom. The van der Waals surface area contributed by atoms with Gasteiger partial charge in [0.05, 0.1) is 0 Å². The first-order chi connectivity index (χ1) is 5.95. The Balaban J connectivity index is 3.15. The maximum absolute atomic E-state index is 4.35. The summed E-state index contributed by atoms with van der Waals surface area (Å²) >= 11 is 0. The summed E-state index contributed by atoms with van der Waals surface area (Å²) in [5, 5.41) is 0. The molecular formula is C10H17N3. The summed E-state index contributed by atoms with van der Waals surface area (Å²) in [6.45, 7) is 10.3. The lowest BCUT2D eigenvalue weighted by Crippen LogP contribution is -2.21. The Bertz CT molecular complexity index is 285. The number of aromatic nitrogens is 3. The number of hydrogen-bond acceptors (Lipinski definition) is 3. The minimum Gasteiger partial charge on any atom is -0.219 e. The van der Waals surface area contributed by atoms with E-state index in [2.05, 4.69) is 35.7 Å². The third-order valence-corrected chi connectivity index (χ3v) is 2.35. The van der Waals surface area contributed by atoms with E-state index in [-0.39, 0.29) is 5.41 Å². The molecule has 0 fully saturated rings. The zero-order valence-corrected chi connectivity index (χ0v) is 9.05. The number of aryl methyl sites for hydroxylation is 2. The average molecular weight is 179 g/mol. The number of hydrogen-bond donors (Lipinski definition) is 0. The molecular weight excluding hydrogens is 162 g/mol. The minimum absolute atomic E-state index is 0.0540. The Hall–Kier alpha value is -0.990. The highest BCUT2D eigenvalue weighted by molar-refractivity contribution is 5.05. The van der Waals surface area contributed by atoms with Crippen molar-refractivity contribution in [3.8, 4) is 0 Å². The Kier molecular flexibility index (Phi) is 2.64. The Labute approximate surface area is 79.6 Å². The fourth-order valence-electron chi connectivity index (χ4n) is 1.08. The van der Waals surface area contributed by atoms with Crippen molar-refractivity contribution in [2.45, 2.75) is 46.5 Å². The molecule has 72 valence electrons. The maximum Gasteiger partial charge on any atom is 0.138 e. The molecule has 0 atom stereocenters. The molecule has 0 unspecified atom stereocenters. The predicted molar refractivity (Wildman–Crippen MR) is 52.6 cm³/mol. The molecule has 13 heavy (non-hydrogen) atoms. The van der Waals surface area contributed by atoms with E-state index in [1.165, 1.54) is 0 Å². The fraction of sp³-hybridized carbons (Fsp3) is 0.700. The van der Waals surface area contributed by atoms with E-state index in [9.17, 15) is 0 Å². The van der Waals surface area contributed by atoms with Crippen molar-refractivity contribution in [1.82, 2.24) is 15.0 Å². The van der Waals surface area contributed by atoms with Crippen LogP contribution in [0.3, 0.4) is 0 Å². The smallest absolute Gasteiger partial charge is 0.138 e. The average Bonchev–Trinajstić information content (AvgIpc) is 2.02. The van der Waals surface area contributed by atoms with E-state index in [0.717, 1.165) is 23.9 Å². The lowest BCUT2D eigenvalue weighted by atomic mass is 9.89. The van der Waals surface area contributed by atoms with Crippen LogP contribution in [0.4, 0.5) is 0 Å². The SMILES string of the molecule is CCC(C)(C)c1nc(C)nc(C)n1. The van der Waals surface area contributed by atoms with E-state index in [0.29, 0.717) is 0 Å². The zero-order valence-electron chi connectivity index (χ0n) is 9.05. The molecule has 0 aliphatic heterocycles. The van der Waals surface area contributed by atoms with E-state index in [1.807, 2.05) is 13.8 Å². The van der Waals surface area contributed by atoms with Crippen molar-refractivity contribution < 1.29 is 0 Å². The van der Waals surface area contributed by atoms with Gasteiger partial charge in [-0.25, -0.2) is 15.0 Å². The van der Waals surface area contributed by atoms with Crippen molar-refractivity contribution in [1.29, 1.82) is 0 Å². The highest BCUT2D eigenvalue weighted by Gasteiger charge is 2.22. The molecule has 0 saturated heterocycles. The molecule has 1 aromatic heterocycles. The normalized spacial score (nSPS) is 11.8. The second-order valence-electron chi connectivity index (χ2n) is 3.99. The van der Waals surface area contributed by atoms with Gasteiger partial charge in [0.15, 0.2) is 0 Å².